The van der Waals surface area contributed by atoms with Crippen LogP contribution in [-0.4, -0.2) is 11.1 Å². The largest absolute Gasteiger partial charge is 0.481 e. The molecule has 1 heterocycles. The molecular formula is C12H15ClO2S. The van der Waals surface area contributed by atoms with Gasteiger partial charge in [-0.2, -0.15) is 0 Å². The minimum atomic E-state index is -0.702. The van der Waals surface area contributed by atoms with Crippen molar-refractivity contribution in [3.05, 3.63) is 21.3 Å². The first kappa shape index (κ1) is 11.9. The molecule has 0 aliphatic heterocycles. The molecule has 2 rings (SSSR count). The Morgan fingerprint density at radius 2 is 2.06 bits per heavy atom. The average molecular weight is 259 g/mol. The lowest BCUT2D eigenvalue weighted by Crippen LogP contribution is -2.30. The van der Waals surface area contributed by atoms with Crippen molar-refractivity contribution in [2.24, 2.45) is 0 Å². The number of carboxylic acids is 1. The molecule has 16 heavy (non-hydrogen) atoms. The van der Waals surface area contributed by atoms with E-state index < -0.39 is 5.97 Å². The van der Waals surface area contributed by atoms with E-state index in [1.807, 2.05) is 12.1 Å². The quantitative estimate of drug-likeness (QED) is 0.887. The molecule has 0 atom stereocenters. The van der Waals surface area contributed by atoms with Crippen LogP contribution in [0, 0.1) is 0 Å². The molecule has 1 saturated carbocycles. The molecule has 1 N–H and O–H groups in total. The molecule has 4 heteroatoms. The fraction of sp³-hybridized carbons (Fsp3) is 0.583. The van der Waals surface area contributed by atoms with Gasteiger partial charge < -0.3 is 5.11 Å². The van der Waals surface area contributed by atoms with Crippen molar-refractivity contribution in [3.63, 3.8) is 0 Å². The molecule has 88 valence electrons. The Labute approximate surface area is 104 Å². The van der Waals surface area contributed by atoms with Crippen molar-refractivity contribution in [2.45, 2.75) is 43.9 Å². The van der Waals surface area contributed by atoms with Crippen molar-refractivity contribution in [2.75, 3.05) is 0 Å². The van der Waals surface area contributed by atoms with Crippen LogP contribution in [0.2, 0.25) is 4.34 Å². The summed E-state index contributed by atoms with van der Waals surface area (Å²) >= 11 is 7.49. The topological polar surface area (TPSA) is 37.3 Å². The zero-order valence-corrected chi connectivity index (χ0v) is 10.6. The Morgan fingerprint density at radius 3 is 2.56 bits per heavy atom. The number of thiophene rings is 1. The van der Waals surface area contributed by atoms with Gasteiger partial charge in [0.25, 0.3) is 0 Å². The van der Waals surface area contributed by atoms with E-state index in [4.69, 9.17) is 16.7 Å². The van der Waals surface area contributed by atoms with Crippen molar-refractivity contribution in [1.29, 1.82) is 0 Å². The average Bonchev–Trinajstić information content (AvgIpc) is 2.66. The fourth-order valence-electron chi connectivity index (χ4n) is 2.63. The monoisotopic (exact) mass is 258 g/mol. The summed E-state index contributed by atoms with van der Waals surface area (Å²) < 4.78 is 0.755. The van der Waals surface area contributed by atoms with Crippen LogP contribution in [0.5, 0.6) is 0 Å². The molecule has 0 spiro atoms. The predicted molar refractivity (Wildman–Crippen MR) is 66.3 cm³/mol. The highest BCUT2D eigenvalue weighted by molar-refractivity contribution is 7.16. The lowest BCUT2D eigenvalue weighted by molar-refractivity contribution is -0.138. The van der Waals surface area contributed by atoms with Gasteiger partial charge in [-0.1, -0.05) is 30.9 Å². The first-order valence-corrected chi connectivity index (χ1v) is 6.79. The Hall–Kier alpha value is -0.540. The van der Waals surface area contributed by atoms with Crippen molar-refractivity contribution < 1.29 is 9.90 Å². The fourth-order valence-corrected chi connectivity index (χ4v) is 3.92. The summed E-state index contributed by atoms with van der Waals surface area (Å²) in [7, 11) is 0. The normalized spacial score (nSPS) is 19.6. The van der Waals surface area contributed by atoms with Gasteiger partial charge in [-0.25, -0.2) is 0 Å². The van der Waals surface area contributed by atoms with Crippen LogP contribution in [0.1, 0.15) is 43.4 Å². The molecular weight excluding hydrogens is 244 g/mol. The van der Waals surface area contributed by atoms with E-state index in [9.17, 15) is 4.79 Å². The Balaban J connectivity index is 2.29. The molecule has 1 aromatic rings. The molecule has 2 nitrogen and oxygen atoms in total. The number of rotatable bonds is 3. The second kappa shape index (κ2) is 4.76. The molecule has 0 radical (unpaired) electrons. The third-order valence-electron chi connectivity index (χ3n) is 3.40. The molecule has 0 amide bonds. The highest BCUT2D eigenvalue weighted by Crippen LogP contribution is 2.45. The molecule has 0 unspecified atom stereocenters. The van der Waals surface area contributed by atoms with Gasteiger partial charge in [0.1, 0.15) is 0 Å². The number of hydrogen-bond donors (Lipinski definition) is 1. The highest BCUT2D eigenvalue weighted by Gasteiger charge is 2.37. The van der Waals surface area contributed by atoms with E-state index in [0.29, 0.717) is 0 Å². The maximum absolute atomic E-state index is 11.0. The van der Waals surface area contributed by atoms with Gasteiger partial charge in [0.15, 0.2) is 0 Å². The van der Waals surface area contributed by atoms with Gasteiger partial charge in [0.05, 0.1) is 10.8 Å². The van der Waals surface area contributed by atoms with Crippen LogP contribution >= 0.6 is 22.9 Å². The summed E-state index contributed by atoms with van der Waals surface area (Å²) in [4.78, 5) is 12.2. The lowest BCUT2D eigenvalue weighted by atomic mass is 9.71. The van der Waals surface area contributed by atoms with E-state index in [0.717, 1.165) is 34.9 Å². The highest BCUT2D eigenvalue weighted by atomic mass is 35.5. The van der Waals surface area contributed by atoms with Crippen molar-refractivity contribution in [3.8, 4) is 0 Å². The van der Waals surface area contributed by atoms with Gasteiger partial charge in [0, 0.05) is 10.3 Å². The van der Waals surface area contributed by atoms with E-state index >= 15 is 0 Å². The Bertz CT molecular complexity index is 380. The second-order valence-corrected chi connectivity index (χ2v) is 6.23. The third kappa shape index (κ3) is 2.41. The number of halogens is 1. The van der Waals surface area contributed by atoms with Crippen molar-refractivity contribution in [1.82, 2.24) is 0 Å². The summed E-state index contributed by atoms with van der Waals surface area (Å²) in [6.07, 6.45) is 5.68. The van der Waals surface area contributed by atoms with E-state index in [1.54, 1.807) is 0 Å². The summed E-state index contributed by atoms with van der Waals surface area (Å²) in [6, 6.07) is 3.88. The molecule has 1 aliphatic carbocycles. The van der Waals surface area contributed by atoms with Crippen LogP contribution in [0.15, 0.2) is 12.1 Å². The minimum absolute atomic E-state index is 0.151. The van der Waals surface area contributed by atoms with Crippen LogP contribution in [0.4, 0.5) is 0 Å². The van der Waals surface area contributed by atoms with Crippen LogP contribution in [0.25, 0.3) is 0 Å². The smallest absolute Gasteiger partial charge is 0.304 e. The summed E-state index contributed by atoms with van der Waals surface area (Å²) in [5.74, 6) is -0.702. The van der Waals surface area contributed by atoms with Crippen LogP contribution in [0.3, 0.4) is 0 Å². The predicted octanol–water partition coefficient (Wildman–Crippen LogP) is 4.08. The third-order valence-corrected chi connectivity index (χ3v) is 4.87. The molecule has 0 bridgehead atoms. The molecule has 1 aliphatic rings. The van der Waals surface area contributed by atoms with E-state index in [2.05, 4.69) is 0 Å². The summed E-state index contributed by atoms with van der Waals surface area (Å²) in [5, 5.41) is 9.07. The summed E-state index contributed by atoms with van der Waals surface area (Å²) in [6.45, 7) is 0. The zero-order valence-electron chi connectivity index (χ0n) is 9.04. The van der Waals surface area contributed by atoms with Gasteiger partial charge in [0.2, 0.25) is 0 Å². The molecule has 0 saturated heterocycles. The second-order valence-electron chi connectivity index (χ2n) is 4.52. The Kier molecular flexibility index (Phi) is 3.55. The van der Waals surface area contributed by atoms with Crippen LogP contribution in [-0.2, 0) is 10.2 Å². The number of aliphatic carboxylic acids is 1. The number of carbonyl (C=O) groups is 1. The van der Waals surface area contributed by atoms with Crippen molar-refractivity contribution >= 4 is 28.9 Å². The number of hydrogen-bond acceptors (Lipinski definition) is 2. The maximum Gasteiger partial charge on any atom is 0.304 e. The van der Waals surface area contributed by atoms with Gasteiger partial charge in [-0.3, -0.25) is 4.79 Å². The van der Waals surface area contributed by atoms with Crippen LogP contribution < -0.4 is 0 Å². The molecule has 1 aromatic heterocycles. The SMILES string of the molecule is O=C(O)CC1(c2ccc(Cl)s2)CCCCC1. The Morgan fingerprint density at radius 1 is 1.38 bits per heavy atom. The minimum Gasteiger partial charge on any atom is -0.481 e. The summed E-state index contributed by atoms with van der Waals surface area (Å²) in [5.41, 5.74) is -0.151. The standard InChI is InChI=1S/C12H15ClO2S/c13-10-5-4-9(16-10)12(8-11(14)15)6-2-1-3-7-12/h4-5H,1-3,6-8H2,(H,14,15). The van der Waals surface area contributed by atoms with Gasteiger partial charge >= 0.3 is 5.97 Å². The van der Waals surface area contributed by atoms with E-state index in [-0.39, 0.29) is 11.8 Å². The molecule has 0 aromatic carbocycles. The first-order valence-electron chi connectivity index (χ1n) is 5.60. The maximum atomic E-state index is 11.0. The van der Waals surface area contributed by atoms with Gasteiger partial charge in [-0.15, -0.1) is 11.3 Å². The lowest BCUT2D eigenvalue weighted by Gasteiger charge is -2.35. The first-order chi connectivity index (χ1) is 7.62. The van der Waals surface area contributed by atoms with Gasteiger partial charge in [-0.05, 0) is 25.0 Å². The molecule has 1 fully saturated rings. The number of carboxylic acid groups (broad SMARTS) is 1. The zero-order chi connectivity index (χ0) is 11.6. The van der Waals surface area contributed by atoms with E-state index in [1.165, 1.54) is 17.8 Å².